The van der Waals surface area contributed by atoms with Gasteiger partial charge in [0.15, 0.2) is 11.5 Å². The number of hydrogen-bond acceptors (Lipinski definition) is 4. The van der Waals surface area contributed by atoms with E-state index in [9.17, 15) is 4.79 Å². The smallest absolute Gasteiger partial charge is 0.253 e. The van der Waals surface area contributed by atoms with Gasteiger partial charge in [-0.05, 0) is 55.9 Å². The number of amides is 1. The van der Waals surface area contributed by atoms with E-state index in [0.29, 0.717) is 11.3 Å². The monoisotopic (exact) mass is 433 g/mol. The molecule has 2 fully saturated rings. The average Bonchev–Trinajstić information content (AvgIpc) is 2.80. The maximum atomic E-state index is 13.1. The molecule has 170 valence electrons. The van der Waals surface area contributed by atoms with E-state index in [1.54, 1.807) is 0 Å². The molecule has 2 heterocycles. The van der Waals surface area contributed by atoms with E-state index in [1.807, 2.05) is 42.5 Å². The van der Waals surface area contributed by atoms with E-state index >= 15 is 0 Å². The van der Waals surface area contributed by atoms with Gasteiger partial charge in [-0.1, -0.05) is 50.3 Å². The van der Waals surface area contributed by atoms with Crippen LogP contribution in [0.2, 0.25) is 0 Å². The minimum atomic E-state index is -0.0178. The molecule has 5 heteroatoms. The zero-order chi connectivity index (χ0) is 21.8. The fourth-order valence-corrected chi connectivity index (χ4v) is 5.46. The first kappa shape index (κ1) is 21.3. The predicted octanol–water partition coefficient (Wildman–Crippen LogP) is 6.09. The Balaban J connectivity index is 1.16. The van der Waals surface area contributed by atoms with Gasteiger partial charge in [0.05, 0.1) is 16.9 Å². The Kier molecular flexibility index (Phi) is 6.63. The Hall–Kier alpha value is -2.53. The summed E-state index contributed by atoms with van der Waals surface area (Å²) in [6.07, 6.45) is 11.9. The molecule has 2 aromatic rings. The van der Waals surface area contributed by atoms with Crippen molar-refractivity contribution in [2.45, 2.75) is 63.8 Å². The molecule has 2 N–H and O–H groups in total. The van der Waals surface area contributed by atoms with Gasteiger partial charge in [-0.3, -0.25) is 4.79 Å². The molecule has 3 aliphatic rings. The first-order valence-corrected chi connectivity index (χ1v) is 12.5. The van der Waals surface area contributed by atoms with Crippen molar-refractivity contribution in [1.29, 1.82) is 0 Å². The van der Waals surface area contributed by atoms with Crippen LogP contribution in [-0.4, -0.2) is 36.5 Å². The van der Waals surface area contributed by atoms with Gasteiger partial charge in [0, 0.05) is 25.7 Å². The van der Waals surface area contributed by atoms with E-state index in [1.165, 1.54) is 51.5 Å². The number of hydrogen-bond donors (Lipinski definition) is 2. The second-order valence-corrected chi connectivity index (χ2v) is 9.66. The number of anilines is 2. The number of carbonyl (C=O) groups excluding carboxylic acids is 1. The average molecular weight is 434 g/mol. The Morgan fingerprint density at radius 1 is 0.906 bits per heavy atom. The largest absolute Gasteiger partial charge is 0.453 e. The topological polar surface area (TPSA) is 53.6 Å². The van der Waals surface area contributed by atoms with Gasteiger partial charge in [0.25, 0.3) is 5.91 Å². The summed E-state index contributed by atoms with van der Waals surface area (Å²) in [6.45, 7) is 3.42. The molecular weight excluding hydrogens is 398 g/mol. The number of carbonyl (C=O) groups is 1. The normalized spacial score (nSPS) is 20.1. The summed E-state index contributed by atoms with van der Waals surface area (Å²) in [4.78, 5) is 15.8. The van der Waals surface area contributed by atoms with Crippen LogP contribution < -0.4 is 15.4 Å². The lowest BCUT2D eigenvalue weighted by molar-refractivity contribution is 0.0903. The van der Waals surface area contributed by atoms with Crippen LogP contribution in [0.4, 0.5) is 11.4 Å². The van der Waals surface area contributed by atoms with E-state index in [4.69, 9.17) is 4.74 Å². The third kappa shape index (κ3) is 4.93. The zero-order valence-electron chi connectivity index (χ0n) is 18.9. The lowest BCUT2D eigenvalue weighted by atomic mass is 9.90. The van der Waals surface area contributed by atoms with Crippen LogP contribution in [0.1, 0.15) is 68.1 Å². The summed E-state index contributed by atoms with van der Waals surface area (Å²) in [6, 6.07) is 13.7. The predicted molar refractivity (Wildman–Crippen MR) is 129 cm³/mol. The molecule has 32 heavy (non-hydrogen) atoms. The number of likely N-dealkylation sites (tertiary alicyclic amines) is 1. The molecule has 1 aliphatic carbocycles. The molecule has 1 saturated heterocycles. The number of fused-ring (bicyclic) bond motifs is 2. The number of ether oxygens (including phenoxy) is 1. The molecule has 0 unspecified atom stereocenters. The molecule has 5 nitrogen and oxygen atoms in total. The maximum Gasteiger partial charge on any atom is 0.253 e. The van der Waals surface area contributed by atoms with Crippen LogP contribution in [0.15, 0.2) is 42.5 Å². The van der Waals surface area contributed by atoms with Gasteiger partial charge < -0.3 is 20.3 Å². The van der Waals surface area contributed by atoms with E-state index in [0.717, 1.165) is 49.0 Å². The number of para-hydroxylation sites is 3. The highest BCUT2D eigenvalue weighted by molar-refractivity contribution is 6.02. The first-order chi connectivity index (χ1) is 15.8. The van der Waals surface area contributed by atoms with Crippen molar-refractivity contribution in [3.8, 4) is 11.5 Å². The molecule has 5 rings (SSSR count). The highest BCUT2D eigenvalue weighted by Crippen LogP contribution is 2.43. The van der Waals surface area contributed by atoms with Gasteiger partial charge in [0.2, 0.25) is 0 Å². The van der Waals surface area contributed by atoms with E-state index in [-0.39, 0.29) is 11.9 Å². The lowest BCUT2D eigenvalue weighted by Gasteiger charge is -2.35. The first-order valence-electron chi connectivity index (χ1n) is 12.5. The number of rotatable bonds is 4. The number of nitrogens with zero attached hydrogens (tertiary/aromatic N) is 1. The third-order valence-corrected chi connectivity index (χ3v) is 7.30. The molecule has 0 bridgehead atoms. The number of nitrogens with one attached hydrogen (secondary N) is 2. The van der Waals surface area contributed by atoms with Gasteiger partial charge in [-0.15, -0.1) is 0 Å². The fourth-order valence-electron chi connectivity index (χ4n) is 5.46. The molecule has 0 spiro atoms. The maximum absolute atomic E-state index is 13.1. The Bertz CT molecular complexity index is 928. The summed E-state index contributed by atoms with van der Waals surface area (Å²) in [5.74, 6) is 2.33. The zero-order valence-corrected chi connectivity index (χ0v) is 18.9. The SMILES string of the molecule is O=C(NC1CCN(CC2CCCCCCC2)CC1)c1cccc2c1Nc1ccccc1O2. The third-order valence-electron chi connectivity index (χ3n) is 7.30. The summed E-state index contributed by atoms with van der Waals surface area (Å²) < 4.78 is 6.01. The van der Waals surface area contributed by atoms with Crippen molar-refractivity contribution in [2.75, 3.05) is 25.0 Å². The van der Waals surface area contributed by atoms with Crippen molar-refractivity contribution in [1.82, 2.24) is 10.2 Å². The van der Waals surface area contributed by atoms with Crippen LogP contribution in [0.5, 0.6) is 11.5 Å². The highest BCUT2D eigenvalue weighted by atomic mass is 16.5. The molecule has 0 atom stereocenters. The molecule has 0 aromatic heterocycles. The lowest BCUT2D eigenvalue weighted by Crippen LogP contribution is -2.46. The van der Waals surface area contributed by atoms with E-state index in [2.05, 4.69) is 15.5 Å². The van der Waals surface area contributed by atoms with E-state index < -0.39 is 0 Å². The molecular formula is C27H35N3O2. The van der Waals surface area contributed by atoms with Crippen LogP contribution in [0.25, 0.3) is 0 Å². The highest BCUT2D eigenvalue weighted by Gasteiger charge is 2.26. The van der Waals surface area contributed by atoms with Crippen molar-refractivity contribution in [2.24, 2.45) is 5.92 Å². The number of piperidine rings is 1. The van der Waals surface area contributed by atoms with Crippen LogP contribution in [0.3, 0.4) is 0 Å². The quantitative estimate of drug-likeness (QED) is 0.523. The Morgan fingerprint density at radius 3 is 2.44 bits per heavy atom. The molecule has 1 amide bonds. The minimum absolute atomic E-state index is 0.0178. The minimum Gasteiger partial charge on any atom is -0.453 e. The fraction of sp³-hybridized carbons (Fsp3) is 0.519. The van der Waals surface area contributed by atoms with Gasteiger partial charge >= 0.3 is 0 Å². The second-order valence-electron chi connectivity index (χ2n) is 9.66. The van der Waals surface area contributed by atoms with Crippen molar-refractivity contribution < 1.29 is 9.53 Å². The van der Waals surface area contributed by atoms with Crippen LogP contribution >= 0.6 is 0 Å². The molecule has 2 aliphatic heterocycles. The van der Waals surface area contributed by atoms with Crippen LogP contribution in [0, 0.1) is 5.92 Å². The summed E-state index contributed by atoms with van der Waals surface area (Å²) in [5, 5.41) is 6.69. The Labute approximate surface area is 191 Å². The van der Waals surface area contributed by atoms with Crippen molar-refractivity contribution >= 4 is 17.3 Å². The molecule has 2 aromatic carbocycles. The number of benzene rings is 2. The standard InChI is InChI=1S/C27H35N3O2/c31-27(22-11-8-14-25-26(22)29-23-12-6-7-13-24(23)32-25)28-21-15-17-30(18-16-21)19-20-9-4-2-1-3-5-10-20/h6-8,11-14,20-21,29H,1-5,9-10,15-19H2,(H,28,31). The summed E-state index contributed by atoms with van der Waals surface area (Å²) >= 11 is 0. The van der Waals surface area contributed by atoms with Crippen LogP contribution in [-0.2, 0) is 0 Å². The van der Waals surface area contributed by atoms with Crippen molar-refractivity contribution in [3.63, 3.8) is 0 Å². The summed E-state index contributed by atoms with van der Waals surface area (Å²) in [5.41, 5.74) is 2.29. The molecule has 0 radical (unpaired) electrons. The second kappa shape index (κ2) is 9.95. The molecule has 1 saturated carbocycles. The van der Waals surface area contributed by atoms with Crippen molar-refractivity contribution in [3.05, 3.63) is 48.0 Å². The van der Waals surface area contributed by atoms with Gasteiger partial charge in [-0.25, -0.2) is 0 Å². The summed E-state index contributed by atoms with van der Waals surface area (Å²) in [7, 11) is 0. The van der Waals surface area contributed by atoms with Gasteiger partial charge in [0.1, 0.15) is 0 Å². The Morgan fingerprint density at radius 2 is 1.62 bits per heavy atom. The van der Waals surface area contributed by atoms with Gasteiger partial charge in [-0.2, -0.15) is 0 Å².